The third-order valence-corrected chi connectivity index (χ3v) is 9.37. The van der Waals surface area contributed by atoms with Crippen molar-refractivity contribution in [3.05, 3.63) is 52.4 Å². The molecule has 40 heavy (non-hydrogen) atoms. The molecule has 3 aliphatic heterocycles. The van der Waals surface area contributed by atoms with Gasteiger partial charge in [-0.25, -0.2) is 23.1 Å². The summed E-state index contributed by atoms with van der Waals surface area (Å²) in [6, 6.07) is 6.11. The molecule has 0 bridgehead atoms. The van der Waals surface area contributed by atoms with Crippen LogP contribution in [0.15, 0.2) is 40.9 Å². The van der Waals surface area contributed by atoms with E-state index < -0.39 is 15.8 Å². The lowest BCUT2D eigenvalue weighted by Gasteiger charge is -2.39. The summed E-state index contributed by atoms with van der Waals surface area (Å²) >= 11 is 5.90. The van der Waals surface area contributed by atoms with Gasteiger partial charge in [-0.2, -0.15) is 0 Å². The van der Waals surface area contributed by atoms with Crippen molar-refractivity contribution in [1.82, 2.24) is 24.9 Å². The van der Waals surface area contributed by atoms with Crippen molar-refractivity contribution in [2.75, 3.05) is 37.7 Å². The number of nitrogens with one attached hydrogen (secondary N) is 2. The molecule has 1 amide bonds. The molecule has 3 fully saturated rings. The quantitative estimate of drug-likeness (QED) is 0.275. The number of hydrogen-bond acceptors (Lipinski definition) is 10. The van der Waals surface area contributed by atoms with Gasteiger partial charge < -0.3 is 26.4 Å². The molecular weight excluding hydrogens is 558 g/mol. The number of hydrogen-bond donors (Lipinski definition) is 4. The van der Waals surface area contributed by atoms with E-state index in [4.69, 9.17) is 27.8 Å². The standard InChI is InChI=1S/C26H32ClN7O5S/c27-22-24(29)32-23(28)21(31-22)20(35)14-17-6-7-26(33-17)8-10-34(11-9-26)25(36)16-3-1-5-19(13-16)40(37,38)30-15-18-4-2-12-39-18/h1,3,5,13-14,18,30,33H,2,4,6-12,15H2,(H4,28,29,32)/b17-14+. The van der Waals surface area contributed by atoms with Crippen LogP contribution in [-0.2, 0) is 14.8 Å². The van der Waals surface area contributed by atoms with Crippen LogP contribution in [-0.4, -0.2) is 72.9 Å². The molecule has 0 radical (unpaired) electrons. The number of carbonyl (C=O) groups excluding carboxylic acids is 2. The molecule has 2 aromatic rings. The van der Waals surface area contributed by atoms with E-state index in [0.717, 1.165) is 25.0 Å². The van der Waals surface area contributed by atoms with Gasteiger partial charge in [0.25, 0.3) is 5.91 Å². The van der Waals surface area contributed by atoms with Gasteiger partial charge in [0.1, 0.15) is 0 Å². The minimum absolute atomic E-state index is 0.0398. The summed E-state index contributed by atoms with van der Waals surface area (Å²) in [5, 5.41) is 3.39. The highest BCUT2D eigenvalue weighted by Gasteiger charge is 2.40. The zero-order chi connectivity index (χ0) is 28.5. The van der Waals surface area contributed by atoms with Crippen molar-refractivity contribution >= 4 is 45.0 Å². The van der Waals surface area contributed by atoms with E-state index in [1.807, 2.05) is 0 Å². The number of nitrogens with two attached hydrogens (primary N) is 2. The normalized spacial score (nSPS) is 21.6. The number of rotatable bonds is 7. The smallest absolute Gasteiger partial charge is 0.253 e. The first-order chi connectivity index (χ1) is 19.1. The number of ketones is 1. The van der Waals surface area contributed by atoms with Crippen LogP contribution in [0.4, 0.5) is 11.6 Å². The number of aromatic nitrogens is 2. The molecule has 0 saturated carbocycles. The van der Waals surface area contributed by atoms with E-state index in [-0.39, 0.29) is 51.5 Å². The summed E-state index contributed by atoms with van der Waals surface area (Å²) in [4.78, 5) is 35.6. The maximum atomic E-state index is 13.3. The van der Waals surface area contributed by atoms with Crippen LogP contribution in [0.25, 0.3) is 0 Å². The van der Waals surface area contributed by atoms with Gasteiger partial charge >= 0.3 is 0 Å². The summed E-state index contributed by atoms with van der Waals surface area (Å²) in [5.41, 5.74) is 12.2. The summed E-state index contributed by atoms with van der Waals surface area (Å²) < 4.78 is 33.7. The molecule has 3 aliphatic rings. The highest BCUT2D eigenvalue weighted by atomic mass is 35.5. The van der Waals surface area contributed by atoms with Crippen molar-refractivity contribution in [2.24, 2.45) is 0 Å². The summed E-state index contributed by atoms with van der Waals surface area (Å²) in [5.74, 6) is -0.760. The van der Waals surface area contributed by atoms with Crippen LogP contribution in [0.1, 0.15) is 59.4 Å². The average molecular weight is 590 g/mol. The Morgan fingerprint density at radius 3 is 2.70 bits per heavy atom. The second-order valence-electron chi connectivity index (χ2n) is 10.4. The topological polar surface area (TPSA) is 183 Å². The summed E-state index contributed by atoms with van der Waals surface area (Å²) in [6.45, 7) is 1.83. The molecule has 1 aromatic carbocycles. The van der Waals surface area contributed by atoms with Crippen molar-refractivity contribution in [1.29, 1.82) is 0 Å². The fraction of sp³-hybridized carbons (Fsp3) is 0.462. The van der Waals surface area contributed by atoms with Crippen molar-refractivity contribution in [3.63, 3.8) is 0 Å². The highest BCUT2D eigenvalue weighted by molar-refractivity contribution is 7.89. The molecule has 214 valence electrons. The number of halogens is 1. The first kappa shape index (κ1) is 28.3. The molecule has 14 heteroatoms. The number of anilines is 2. The molecule has 1 atom stereocenters. The second kappa shape index (κ2) is 11.3. The lowest BCUT2D eigenvalue weighted by molar-refractivity contribution is 0.0659. The second-order valence-corrected chi connectivity index (χ2v) is 12.5. The first-order valence-electron chi connectivity index (χ1n) is 13.2. The number of piperidine rings is 1. The van der Waals surface area contributed by atoms with Gasteiger partial charge in [0, 0.05) is 49.1 Å². The maximum Gasteiger partial charge on any atom is 0.253 e. The number of allylic oxidation sites excluding steroid dienone is 2. The van der Waals surface area contributed by atoms with Gasteiger partial charge in [0.05, 0.1) is 11.0 Å². The largest absolute Gasteiger partial charge is 0.383 e. The molecule has 5 rings (SSSR count). The number of nitrogens with zero attached hydrogens (tertiary/aromatic N) is 3. The maximum absolute atomic E-state index is 13.3. The van der Waals surface area contributed by atoms with Crippen LogP contribution >= 0.6 is 11.6 Å². The number of carbonyl (C=O) groups is 2. The monoisotopic (exact) mass is 589 g/mol. The molecule has 1 spiro atoms. The van der Waals surface area contributed by atoms with E-state index in [1.54, 1.807) is 17.0 Å². The summed E-state index contributed by atoms with van der Waals surface area (Å²) in [7, 11) is -3.77. The third kappa shape index (κ3) is 6.07. The van der Waals surface area contributed by atoms with E-state index >= 15 is 0 Å². The predicted octanol–water partition coefficient (Wildman–Crippen LogP) is 1.88. The molecular formula is C26H32ClN7O5S. The Kier molecular flexibility index (Phi) is 8.00. The Morgan fingerprint density at radius 2 is 1.98 bits per heavy atom. The van der Waals surface area contributed by atoms with Gasteiger partial charge in [-0.3, -0.25) is 9.59 Å². The van der Waals surface area contributed by atoms with Gasteiger partial charge in [-0.15, -0.1) is 0 Å². The van der Waals surface area contributed by atoms with E-state index in [0.29, 0.717) is 44.5 Å². The fourth-order valence-corrected chi connectivity index (χ4v) is 6.62. The number of nitrogen functional groups attached to an aromatic ring is 2. The van der Waals surface area contributed by atoms with Crippen molar-refractivity contribution < 1.29 is 22.7 Å². The van der Waals surface area contributed by atoms with Gasteiger partial charge in [-0.05, 0) is 56.7 Å². The molecule has 1 aromatic heterocycles. The van der Waals surface area contributed by atoms with Crippen molar-refractivity contribution in [3.8, 4) is 0 Å². The zero-order valence-corrected chi connectivity index (χ0v) is 23.4. The SMILES string of the molecule is Nc1nc(N)c(C(=O)/C=C2\CCC3(CCN(C(=O)c4cccc(S(=O)(=O)NCC5CCCO5)c4)CC3)N2)nc1Cl. The molecule has 12 nitrogen and oxygen atoms in total. The lowest BCUT2D eigenvalue weighted by Crippen LogP contribution is -2.51. The Morgan fingerprint density at radius 1 is 1.20 bits per heavy atom. The van der Waals surface area contributed by atoms with Crippen molar-refractivity contribution in [2.45, 2.75) is 55.1 Å². The van der Waals surface area contributed by atoms with Crippen LogP contribution in [0.5, 0.6) is 0 Å². The molecule has 3 saturated heterocycles. The van der Waals surface area contributed by atoms with Crippen LogP contribution in [0.3, 0.4) is 0 Å². The third-order valence-electron chi connectivity index (χ3n) is 7.67. The Balaban J connectivity index is 1.19. The average Bonchev–Trinajstić information content (AvgIpc) is 3.60. The molecule has 0 aliphatic carbocycles. The fourth-order valence-electron chi connectivity index (χ4n) is 5.38. The lowest BCUT2D eigenvalue weighted by atomic mass is 9.86. The Bertz CT molecular complexity index is 1450. The predicted molar refractivity (Wildman–Crippen MR) is 149 cm³/mol. The number of benzene rings is 1. The van der Waals surface area contributed by atoms with Gasteiger partial charge in [-0.1, -0.05) is 17.7 Å². The zero-order valence-electron chi connectivity index (χ0n) is 21.9. The number of ether oxygens (including phenoxy) is 1. The van der Waals surface area contributed by atoms with Crippen LogP contribution in [0.2, 0.25) is 5.15 Å². The van der Waals surface area contributed by atoms with E-state index in [2.05, 4.69) is 20.0 Å². The highest BCUT2D eigenvalue weighted by Crippen LogP contribution is 2.35. The van der Waals surface area contributed by atoms with Gasteiger partial charge in [0.2, 0.25) is 15.8 Å². The van der Waals surface area contributed by atoms with E-state index in [1.165, 1.54) is 18.2 Å². The first-order valence-corrected chi connectivity index (χ1v) is 15.0. The summed E-state index contributed by atoms with van der Waals surface area (Å²) in [6.07, 6.45) is 5.90. The number of amides is 1. The Labute approximate surface area is 237 Å². The van der Waals surface area contributed by atoms with Crippen LogP contribution in [0, 0.1) is 0 Å². The Hall–Kier alpha value is -3.26. The van der Waals surface area contributed by atoms with E-state index in [9.17, 15) is 18.0 Å². The number of sulfonamides is 1. The van der Waals surface area contributed by atoms with Crippen LogP contribution < -0.4 is 21.5 Å². The molecule has 6 N–H and O–H groups in total. The molecule has 4 heterocycles. The minimum Gasteiger partial charge on any atom is -0.383 e. The van der Waals surface area contributed by atoms with Gasteiger partial charge in [0.15, 0.2) is 22.5 Å². The molecule has 1 unspecified atom stereocenters. The minimum atomic E-state index is -3.77. The number of likely N-dealkylation sites (tertiary alicyclic amines) is 1.